The van der Waals surface area contributed by atoms with E-state index in [0.717, 1.165) is 4.90 Å². The van der Waals surface area contributed by atoms with E-state index >= 15 is 0 Å². The summed E-state index contributed by atoms with van der Waals surface area (Å²) in [6.07, 6.45) is 0.359. The number of nitrogens with one attached hydrogen (secondary N) is 1. The minimum atomic E-state index is -1.22. The molecule has 1 unspecified atom stereocenters. The van der Waals surface area contributed by atoms with Crippen molar-refractivity contribution in [2.24, 2.45) is 0 Å². The average Bonchev–Trinajstić information content (AvgIpc) is 2.64. The smallest absolute Gasteiger partial charge is 0.325 e. The molecule has 0 radical (unpaired) electrons. The second-order valence-corrected chi connectivity index (χ2v) is 4.34. The predicted molar refractivity (Wildman–Crippen MR) is 66.3 cm³/mol. The lowest BCUT2D eigenvalue weighted by atomic mass is 9.87. The van der Waals surface area contributed by atoms with Gasteiger partial charge in [0.1, 0.15) is 12.1 Å². The molecule has 1 aliphatic heterocycles. The van der Waals surface area contributed by atoms with Crippen LogP contribution in [0, 0.1) is 0 Å². The third kappa shape index (κ3) is 2.05. The maximum atomic E-state index is 12.4. The number of amides is 3. The number of hydrogen-bond acceptors (Lipinski definition) is 3. The van der Waals surface area contributed by atoms with Crippen molar-refractivity contribution in [1.29, 1.82) is 0 Å². The molecule has 0 aromatic heterocycles. The number of imide groups is 1. The minimum Gasteiger partial charge on any atom is -0.480 e. The fourth-order valence-corrected chi connectivity index (χ4v) is 2.27. The summed E-state index contributed by atoms with van der Waals surface area (Å²) in [5, 5.41) is 11.4. The van der Waals surface area contributed by atoms with Crippen LogP contribution in [0.25, 0.3) is 0 Å². The SMILES string of the molecule is CCC1(c2ccccc2)NC(=O)N(CC(=O)O)C1=O. The monoisotopic (exact) mass is 262 g/mol. The number of carboxylic acids is 1. The summed E-state index contributed by atoms with van der Waals surface area (Å²) in [4.78, 5) is 35.6. The third-order valence-electron chi connectivity index (χ3n) is 3.27. The van der Waals surface area contributed by atoms with E-state index in [2.05, 4.69) is 5.32 Å². The van der Waals surface area contributed by atoms with Gasteiger partial charge in [0.15, 0.2) is 0 Å². The van der Waals surface area contributed by atoms with Crippen LogP contribution < -0.4 is 5.32 Å². The Kier molecular flexibility index (Phi) is 3.25. The van der Waals surface area contributed by atoms with Crippen molar-refractivity contribution >= 4 is 17.9 Å². The number of urea groups is 1. The van der Waals surface area contributed by atoms with Crippen molar-refractivity contribution in [3.63, 3.8) is 0 Å². The molecular weight excluding hydrogens is 248 g/mol. The Balaban J connectivity index is 2.41. The number of carboxylic acid groups (broad SMARTS) is 1. The van der Waals surface area contributed by atoms with E-state index in [9.17, 15) is 14.4 Å². The molecule has 1 aliphatic rings. The molecule has 0 spiro atoms. The van der Waals surface area contributed by atoms with Gasteiger partial charge in [-0.05, 0) is 12.0 Å². The molecule has 1 fully saturated rings. The van der Waals surface area contributed by atoms with E-state index < -0.39 is 30.0 Å². The molecule has 0 saturated carbocycles. The zero-order chi connectivity index (χ0) is 14.0. The number of hydrogen-bond donors (Lipinski definition) is 2. The van der Waals surface area contributed by atoms with Gasteiger partial charge in [-0.15, -0.1) is 0 Å². The van der Waals surface area contributed by atoms with Crippen LogP contribution in [0.5, 0.6) is 0 Å². The standard InChI is InChI=1S/C13H14N2O4/c1-2-13(9-6-4-3-5-7-9)11(18)15(8-10(16)17)12(19)14-13/h3-7H,2,8H2,1H3,(H,14,19)(H,16,17). The Morgan fingerprint density at radius 3 is 2.47 bits per heavy atom. The van der Waals surface area contributed by atoms with Gasteiger partial charge in [0, 0.05) is 0 Å². The van der Waals surface area contributed by atoms with Crippen molar-refractivity contribution in [3.05, 3.63) is 35.9 Å². The second kappa shape index (κ2) is 4.72. The van der Waals surface area contributed by atoms with Gasteiger partial charge >= 0.3 is 12.0 Å². The molecule has 2 N–H and O–H groups in total. The van der Waals surface area contributed by atoms with E-state index in [1.807, 2.05) is 6.07 Å². The molecule has 1 aromatic carbocycles. The Morgan fingerprint density at radius 2 is 1.95 bits per heavy atom. The fourth-order valence-electron chi connectivity index (χ4n) is 2.27. The van der Waals surface area contributed by atoms with Gasteiger partial charge in [-0.3, -0.25) is 14.5 Å². The first-order valence-electron chi connectivity index (χ1n) is 5.92. The lowest BCUT2D eigenvalue weighted by Crippen LogP contribution is -2.43. The van der Waals surface area contributed by atoms with E-state index in [1.165, 1.54) is 0 Å². The highest BCUT2D eigenvalue weighted by molar-refractivity contribution is 6.08. The number of benzene rings is 1. The van der Waals surface area contributed by atoms with E-state index in [-0.39, 0.29) is 0 Å². The minimum absolute atomic E-state index is 0.359. The summed E-state index contributed by atoms with van der Waals surface area (Å²) >= 11 is 0. The molecule has 1 saturated heterocycles. The predicted octanol–water partition coefficient (Wildman–Crippen LogP) is 0.928. The summed E-state index contributed by atoms with van der Waals surface area (Å²) in [6, 6.07) is 8.16. The second-order valence-electron chi connectivity index (χ2n) is 4.34. The van der Waals surface area contributed by atoms with E-state index in [4.69, 9.17) is 5.11 Å². The van der Waals surface area contributed by atoms with Gasteiger partial charge in [0.2, 0.25) is 0 Å². The lowest BCUT2D eigenvalue weighted by molar-refractivity contribution is -0.143. The van der Waals surface area contributed by atoms with E-state index in [0.29, 0.717) is 12.0 Å². The van der Waals surface area contributed by atoms with Crippen LogP contribution >= 0.6 is 0 Å². The van der Waals surface area contributed by atoms with Crippen molar-refractivity contribution in [2.45, 2.75) is 18.9 Å². The highest BCUT2D eigenvalue weighted by Gasteiger charge is 2.51. The maximum Gasteiger partial charge on any atom is 0.325 e. The molecule has 1 heterocycles. The third-order valence-corrected chi connectivity index (χ3v) is 3.27. The number of carbonyl (C=O) groups is 3. The van der Waals surface area contributed by atoms with Crippen LogP contribution in [0.4, 0.5) is 4.79 Å². The van der Waals surface area contributed by atoms with Gasteiger partial charge in [0.25, 0.3) is 5.91 Å². The Labute approximate surface area is 110 Å². The number of carbonyl (C=O) groups excluding carboxylic acids is 2. The first-order valence-corrected chi connectivity index (χ1v) is 5.92. The lowest BCUT2D eigenvalue weighted by Gasteiger charge is -2.25. The van der Waals surface area contributed by atoms with Gasteiger partial charge in [-0.25, -0.2) is 4.79 Å². The molecule has 19 heavy (non-hydrogen) atoms. The van der Waals surface area contributed by atoms with Gasteiger partial charge in [-0.2, -0.15) is 0 Å². The average molecular weight is 262 g/mol. The number of rotatable bonds is 4. The first kappa shape index (κ1) is 13.1. The van der Waals surface area contributed by atoms with Crippen molar-refractivity contribution in [2.75, 3.05) is 6.54 Å². The summed E-state index contributed by atoms with van der Waals surface area (Å²) in [5.74, 6) is -1.74. The first-order chi connectivity index (χ1) is 9.01. The van der Waals surface area contributed by atoms with Crippen LogP contribution in [0.1, 0.15) is 18.9 Å². The summed E-state index contributed by atoms with van der Waals surface area (Å²) in [5.41, 5.74) is -0.503. The molecule has 1 atom stereocenters. The molecule has 0 bridgehead atoms. The summed E-state index contributed by atoms with van der Waals surface area (Å²) in [6.45, 7) is 1.15. The van der Waals surface area contributed by atoms with Crippen molar-refractivity contribution in [3.8, 4) is 0 Å². The van der Waals surface area contributed by atoms with Gasteiger partial charge in [-0.1, -0.05) is 37.3 Å². The summed E-state index contributed by atoms with van der Waals surface area (Å²) < 4.78 is 0. The van der Waals surface area contributed by atoms with Crippen LogP contribution in [-0.2, 0) is 15.1 Å². The summed E-state index contributed by atoms with van der Waals surface area (Å²) in [7, 11) is 0. The van der Waals surface area contributed by atoms with Gasteiger partial charge < -0.3 is 10.4 Å². The van der Waals surface area contributed by atoms with Crippen molar-refractivity contribution < 1.29 is 19.5 Å². The topological polar surface area (TPSA) is 86.7 Å². The highest BCUT2D eigenvalue weighted by Crippen LogP contribution is 2.31. The molecular formula is C13H14N2O4. The quantitative estimate of drug-likeness (QED) is 0.790. The molecule has 2 rings (SSSR count). The largest absolute Gasteiger partial charge is 0.480 e. The zero-order valence-electron chi connectivity index (χ0n) is 10.4. The molecule has 6 nitrogen and oxygen atoms in total. The molecule has 100 valence electrons. The Morgan fingerprint density at radius 1 is 1.32 bits per heavy atom. The Hall–Kier alpha value is -2.37. The number of nitrogens with zero attached hydrogens (tertiary/aromatic N) is 1. The van der Waals surface area contributed by atoms with Crippen LogP contribution in [0.3, 0.4) is 0 Å². The van der Waals surface area contributed by atoms with Gasteiger partial charge in [0.05, 0.1) is 0 Å². The normalized spacial score (nSPS) is 22.5. The van der Waals surface area contributed by atoms with Crippen LogP contribution in [-0.4, -0.2) is 34.5 Å². The maximum absolute atomic E-state index is 12.4. The zero-order valence-corrected chi connectivity index (χ0v) is 10.4. The fraction of sp³-hybridized carbons (Fsp3) is 0.308. The molecule has 3 amide bonds. The Bertz CT molecular complexity index is 529. The molecule has 6 heteroatoms. The van der Waals surface area contributed by atoms with Crippen molar-refractivity contribution in [1.82, 2.24) is 10.2 Å². The molecule has 1 aromatic rings. The molecule has 0 aliphatic carbocycles. The van der Waals surface area contributed by atoms with Crippen LogP contribution in [0.15, 0.2) is 30.3 Å². The van der Waals surface area contributed by atoms with Crippen LogP contribution in [0.2, 0.25) is 0 Å². The van der Waals surface area contributed by atoms with E-state index in [1.54, 1.807) is 31.2 Å². The highest BCUT2D eigenvalue weighted by atomic mass is 16.4. The number of aliphatic carboxylic acids is 1.